The van der Waals surface area contributed by atoms with Crippen molar-refractivity contribution in [3.63, 3.8) is 0 Å². The highest BCUT2D eigenvalue weighted by Crippen LogP contribution is 2.43. The van der Waals surface area contributed by atoms with Gasteiger partial charge < -0.3 is 10.1 Å². The number of para-hydroxylation sites is 1. The number of rotatable bonds is 6. The molecule has 3 aromatic rings. The average Bonchev–Trinajstić information content (AvgIpc) is 3.53. The average molecular weight is 375 g/mol. The van der Waals surface area contributed by atoms with Crippen LogP contribution in [0.3, 0.4) is 0 Å². The Balaban J connectivity index is 1.63. The Kier molecular flexibility index (Phi) is 4.90. The molecule has 1 aromatic heterocycles. The van der Waals surface area contributed by atoms with E-state index in [4.69, 9.17) is 9.84 Å². The first-order valence-corrected chi connectivity index (χ1v) is 9.68. The fourth-order valence-corrected chi connectivity index (χ4v) is 3.43. The highest BCUT2D eigenvalue weighted by atomic mass is 16.5. The summed E-state index contributed by atoms with van der Waals surface area (Å²) < 4.78 is 7.07. The van der Waals surface area contributed by atoms with Crippen LogP contribution >= 0.6 is 0 Å². The third kappa shape index (κ3) is 3.52. The monoisotopic (exact) mass is 375 g/mol. The molecule has 0 spiro atoms. The molecule has 0 bridgehead atoms. The molecule has 1 amide bonds. The van der Waals surface area contributed by atoms with Gasteiger partial charge in [-0.3, -0.25) is 4.79 Å². The van der Waals surface area contributed by atoms with Crippen molar-refractivity contribution in [3.05, 3.63) is 71.4 Å². The number of methoxy groups -OCH3 is 1. The van der Waals surface area contributed by atoms with E-state index in [-0.39, 0.29) is 11.8 Å². The zero-order chi connectivity index (χ0) is 19.7. The summed E-state index contributed by atoms with van der Waals surface area (Å²) in [7, 11) is 1.64. The van der Waals surface area contributed by atoms with Crippen LogP contribution in [0.15, 0.2) is 54.6 Å². The Bertz CT molecular complexity index is 973. The normalized spacial score (nSPS) is 14.5. The smallest absolute Gasteiger partial charge is 0.232 e. The van der Waals surface area contributed by atoms with Crippen LogP contribution in [0.1, 0.15) is 48.4 Å². The topological polar surface area (TPSA) is 56.1 Å². The number of hydrogen-bond acceptors (Lipinski definition) is 3. The van der Waals surface area contributed by atoms with E-state index in [9.17, 15) is 4.79 Å². The summed E-state index contributed by atoms with van der Waals surface area (Å²) in [6.45, 7) is 3.96. The Labute approximate surface area is 165 Å². The molecule has 0 unspecified atom stereocenters. The maximum absolute atomic E-state index is 13.0. The molecule has 1 aliphatic rings. The van der Waals surface area contributed by atoms with Gasteiger partial charge in [-0.25, -0.2) is 4.68 Å². The minimum absolute atomic E-state index is 0.0484. The summed E-state index contributed by atoms with van der Waals surface area (Å²) in [4.78, 5) is 13.0. The quantitative estimate of drug-likeness (QED) is 0.673. The number of hydrogen-bond donors (Lipinski definition) is 1. The predicted octanol–water partition coefficient (Wildman–Crippen LogP) is 4.81. The van der Waals surface area contributed by atoms with Gasteiger partial charge >= 0.3 is 0 Å². The summed E-state index contributed by atoms with van der Waals surface area (Å²) in [5.41, 5.74) is 4.05. The molecule has 2 aromatic carbocycles. The first kappa shape index (κ1) is 18.3. The number of nitrogens with zero attached hydrogens (tertiary/aromatic N) is 2. The molecule has 1 N–H and O–H groups in total. The van der Waals surface area contributed by atoms with Crippen LogP contribution in [0.2, 0.25) is 0 Å². The van der Waals surface area contributed by atoms with Gasteiger partial charge in [0, 0.05) is 11.5 Å². The number of anilines is 1. The number of nitrogens with one attached hydrogen (secondary N) is 1. The number of benzene rings is 2. The number of carbonyl (C=O) groups is 1. The van der Waals surface area contributed by atoms with E-state index in [2.05, 4.69) is 5.32 Å². The van der Waals surface area contributed by atoms with Crippen molar-refractivity contribution in [1.29, 1.82) is 0 Å². The molecule has 1 heterocycles. The lowest BCUT2D eigenvalue weighted by molar-refractivity contribution is -0.117. The fraction of sp³-hybridized carbons (Fsp3) is 0.304. The molecule has 0 aliphatic heterocycles. The van der Waals surface area contributed by atoms with Crippen LogP contribution in [0.25, 0.3) is 5.69 Å². The van der Waals surface area contributed by atoms with Crippen LogP contribution in [0.5, 0.6) is 5.75 Å². The highest BCUT2D eigenvalue weighted by molar-refractivity contribution is 5.95. The zero-order valence-corrected chi connectivity index (χ0v) is 16.5. The van der Waals surface area contributed by atoms with Crippen molar-refractivity contribution in [2.45, 2.75) is 38.5 Å². The van der Waals surface area contributed by atoms with Crippen molar-refractivity contribution in [2.75, 3.05) is 12.4 Å². The van der Waals surface area contributed by atoms with Gasteiger partial charge in [0.2, 0.25) is 5.91 Å². The lowest BCUT2D eigenvalue weighted by Crippen LogP contribution is -2.21. The van der Waals surface area contributed by atoms with Crippen LogP contribution in [0.4, 0.5) is 5.82 Å². The molecule has 1 fully saturated rings. The molecule has 0 radical (unpaired) electrons. The minimum atomic E-state index is -0.284. The molecule has 5 nitrogen and oxygen atoms in total. The lowest BCUT2D eigenvalue weighted by Gasteiger charge is -2.15. The van der Waals surface area contributed by atoms with Crippen molar-refractivity contribution in [2.24, 2.45) is 0 Å². The molecular formula is C23H25N3O2. The first-order valence-electron chi connectivity index (χ1n) is 9.68. The van der Waals surface area contributed by atoms with Crippen LogP contribution in [-0.2, 0) is 4.79 Å². The van der Waals surface area contributed by atoms with E-state index in [1.165, 1.54) is 12.8 Å². The van der Waals surface area contributed by atoms with E-state index in [1.807, 2.05) is 73.1 Å². The Morgan fingerprint density at radius 2 is 1.82 bits per heavy atom. The second kappa shape index (κ2) is 7.50. The summed E-state index contributed by atoms with van der Waals surface area (Å²) in [6, 6.07) is 17.6. The predicted molar refractivity (Wildman–Crippen MR) is 110 cm³/mol. The third-order valence-electron chi connectivity index (χ3n) is 5.37. The van der Waals surface area contributed by atoms with Gasteiger partial charge in [-0.2, -0.15) is 5.10 Å². The fourth-order valence-electron chi connectivity index (χ4n) is 3.43. The summed E-state index contributed by atoms with van der Waals surface area (Å²) >= 11 is 0. The standard InChI is InChI=1S/C23H25N3O2/c1-15(17-11-13-20(28-3)14-12-17)23(27)24-22-16(2)21(18-9-10-18)25-26(22)19-7-5-4-6-8-19/h4-8,11-15,18H,9-10H2,1-3H3,(H,24,27)/t15-/m1/s1. The van der Waals surface area contributed by atoms with E-state index in [1.54, 1.807) is 7.11 Å². The Hall–Kier alpha value is -3.08. The van der Waals surface area contributed by atoms with Gasteiger partial charge in [-0.15, -0.1) is 0 Å². The molecule has 1 saturated carbocycles. The molecule has 0 saturated heterocycles. The van der Waals surface area contributed by atoms with Crippen LogP contribution in [0, 0.1) is 6.92 Å². The van der Waals surface area contributed by atoms with Gasteiger partial charge in [-0.05, 0) is 56.5 Å². The van der Waals surface area contributed by atoms with Gasteiger partial charge in [0.25, 0.3) is 0 Å². The first-order chi connectivity index (χ1) is 13.6. The molecule has 28 heavy (non-hydrogen) atoms. The van der Waals surface area contributed by atoms with Crippen molar-refractivity contribution < 1.29 is 9.53 Å². The van der Waals surface area contributed by atoms with Crippen molar-refractivity contribution in [3.8, 4) is 11.4 Å². The third-order valence-corrected chi connectivity index (χ3v) is 5.37. The van der Waals surface area contributed by atoms with E-state index < -0.39 is 0 Å². The van der Waals surface area contributed by atoms with Gasteiger partial charge in [0.05, 0.1) is 24.4 Å². The maximum Gasteiger partial charge on any atom is 0.232 e. The van der Waals surface area contributed by atoms with Crippen molar-refractivity contribution >= 4 is 11.7 Å². The van der Waals surface area contributed by atoms with Crippen LogP contribution < -0.4 is 10.1 Å². The number of ether oxygens (including phenoxy) is 1. The second-order valence-electron chi connectivity index (χ2n) is 7.36. The number of aromatic nitrogens is 2. The molecule has 1 atom stereocenters. The number of carbonyl (C=O) groups excluding carboxylic acids is 1. The Morgan fingerprint density at radius 3 is 2.43 bits per heavy atom. The van der Waals surface area contributed by atoms with Gasteiger partial charge in [0.1, 0.15) is 11.6 Å². The largest absolute Gasteiger partial charge is 0.497 e. The SMILES string of the molecule is COc1ccc([C@@H](C)C(=O)Nc2c(C)c(C3CC3)nn2-c2ccccc2)cc1. The molecule has 144 valence electrons. The summed E-state index contributed by atoms with van der Waals surface area (Å²) in [5.74, 6) is 1.73. The van der Waals surface area contributed by atoms with Crippen molar-refractivity contribution in [1.82, 2.24) is 9.78 Å². The van der Waals surface area contributed by atoms with Gasteiger partial charge in [-0.1, -0.05) is 30.3 Å². The molecule has 1 aliphatic carbocycles. The van der Waals surface area contributed by atoms with Crippen LogP contribution in [-0.4, -0.2) is 22.8 Å². The van der Waals surface area contributed by atoms with E-state index >= 15 is 0 Å². The molecular weight excluding hydrogens is 350 g/mol. The molecule has 5 heteroatoms. The Morgan fingerprint density at radius 1 is 1.14 bits per heavy atom. The van der Waals surface area contributed by atoms with E-state index in [0.717, 1.165) is 34.1 Å². The highest BCUT2D eigenvalue weighted by Gasteiger charge is 2.31. The summed E-state index contributed by atoms with van der Waals surface area (Å²) in [6.07, 6.45) is 2.34. The lowest BCUT2D eigenvalue weighted by atomic mass is 10.00. The maximum atomic E-state index is 13.0. The minimum Gasteiger partial charge on any atom is -0.497 e. The number of amides is 1. The van der Waals surface area contributed by atoms with Gasteiger partial charge in [0.15, 0.2) is 0 Å². The van der Waals surface area contributed by atoms with E-state index in [0.29, 0.717) is 5.92 Å². The zero-order valence-electron chi connectivity index (χ0n) is 16.5. The molecule has 4 rings (SSSR count). The summed E-state index contributed by atoms with van der Waals surface area (Å²) in [5, 5.41) is 7.97. The second-order valence-corrected chi connectivity index (χ2v) is 7.36.